The van der Waals surface area contributed by atoms with Crippen LogP contribution < -0.4 is 5.73 Å². The molecule has 0 heterocycles. The van der Waals surface area contributed by atoms with E-state index in [2.05, 4.69) is 0 Å². The summed E-state index contributed by atoms with van der Waals surface area (Å²) in [5.74, 6) is 2.09. The van der Waals surface area contributed by atoms with Crippen molar-refractivity contribution < 1.29 is 5.11 Å². The van der Waals surface area contributed by atoms with Crippen LogP contribution in [0.1, 0.15) is 38.5 Å². The lowest BCUT2D eigenvalue weighted by molar-refractivity contribution is 0.0575. The monoisotopic (exact) mass is 181 g/mol. The van der Waals surface area contributed by atoms with Crippen molar-refractivity contribution in [2.24, 2.45) is 23.5 Å². The van der Waals surface area contributed by atoms with Crippen molar-refractivity contribution in [1.29, 1.82) is 0 Å². The van der Waals surface area contributed by atoms with Crippen molar-refractivity contribution in [2.75, 3.05) is 0 Å². The van der Waals surface area contributed by atoms with E-state index in [9.17, 15) is 5.11 Å². The Bertz CT molecular complexity index is 230. The number of hydrogen-bond acceptors (Lipinski definition) is 2. The molecule has 0 amide bonds. The maximum absolute atomic E-state index is 9.96. The van der Waals surface area contributed by atoms with Gasteiger partial charge >= 0.3 is 0 Å². The van der Waals surface area contributed by atoms with Crippen LogP contribution in [0.5, 0.6) is 0 Å². The van der Waals surface area contributed by atoms with E-state index in [1.54, 1.807) is 0 Å². The zero-order chi connectivity index (χ0) is 9.05. The Labute approximate surface area is 79.5 Å². The average molecular weight is 181 g/mol. The van der Waals surface area contributed by atoms with Gasteiger partial charge in [0.1, 0.15) is 0 Å². The van der Waals surface area contributed by atoms with Crippen LogP contribution in [-0.4, -0.2) is 16.7 Å². The highest BCUT2D eigenvalue weighted by Crippen LogP contribution is 2.52. The minimum Gasteiger partial charge on any atom is -0.393 e. The largest absolute Gasteiger partial charge is 0.393 e. The van der Waals surface area contributed by atoms with E-state index in [0.717, 1.165) is 24.7 Å². The van der Waals surface area contributed by atoms with E-state index in [1.165, 1.54) is 25.7 Å². The quantitative estimate of drug-likeness (QED) is 0.591. The highest BCUT2D eigenvalue weighted by atomic mass is 16.3. The zero-order valence-electron chi connectivity index (χ0n) is 8.08. The second-order valence-corrected chi connectivity index (χ2v) is 5.74. The predicted molar refractivity (Wildman–Crippen MR) is 51.1 cm³/mol. The van der Waals surface area contributed by atoms with Crippen LogP contribution in [-0.2, 0) is 0 Å². The van der Waals surface area contributed by atoms with Gasteiger partial charge in [0, 0.05) is 5.54 Å². The van der Waals surface area contributed by atoms with Gasteiger partial charge in [0.05, 0.1) is 6.10 Å². The number of aliphatic hydroxyl groups is 1. The Morgan fingerprint density at radius 2 is 1.69 bits per heavy atom. The summed E-state index contributed by atoms with van der Waals surface area (Å²) in [6.07, 6.45) is 7.06. The molecule has 0 spiro atoms. The summed E-state index contributed by atoms with van der Waals surface area (Å²) in [6, 6.07) is 0. The van der Waals surface area contributed by atoms with Gasteiger partial charge in [-0.2, -0.15) is 0 Å². The maximum Gasteiger partial charge on any atom is 0.0571 e. The highest BCUT2D eigenvalue weighted by molar-refractivity contribution is 5.04. The first-order valence-electron chi connectivity index (χ1n) is 5.62. The molecule has 0 aromatic rings. The fourth-order valence-corrected chi connectivity index (χ4v) is 4.26. The summed E-state index contributed by atoms with van der Waals surface area (Å²) in [5, 5.41) is 9.96. The fourth-order valence-electron chi connectivity index (χ4n) is 4.26. The minimum atomic E-state index is -0.0410. The number of aliphatic hydroxyl groups excluding tert-OH is 1. The van der Waals surface area contributed by atoms with Crippen molar-refractivity contribution in [3.63, 3.8) is 0 Å². The SMILES string of the molecule is NC12CC3CC(CC(C1)C(O)C3)C2. The lowest BCUT2D eigenvalue weighted by atomic mass is 9.63. The molecule has 0 radical (unpaired) electrons. The molecule has 4 aliphatic rings. The van der Waals surface area contributed by atoms with Gasteiger partial charge in [0.2, 0.25) is 0 Å². The fraction of sp³-hybridized carbons (Fsp3) is 1.00. The molecule has 5 unspecified atom stereocenters. The van der Waals surface area contributed by atoms with Gasteiger partial charge in [-0.1, -0.05) is 0 Å². The molecule has 13 heavy (non-hydrogen) atoms. The van der Waals surface area contributed by atoms with E-state index in [0.29, 0.717) is 5.92 Å². The minimum absolute atomic E-state index is 0.0410. The summed E-state index contributed by atoms with van der Waals surface area (Å²) in [4.78, 5) is 0. The molecule has 2 heteroatoms. The third-order valence-electron chi connectivity index (χ3n) is 4.48. The molecule has 4 rings (SSSR count). The molecule has 5 atom stereocenters. The Morgan fingerprint density at radius 1 is 1.00 bits per heavy atom. The Balaban J connectivity index is 1.95. The van der Waals surface area contributed by atoms with Crippen molar-refractivity contribution in [2.45, 2.75) is 50.2 Å². The lowest BCUT2D eigenvalue weighted by Crippen LogP contribution is -2.50. The van der Waals surface area contributed by atoms with Gasteiger partial charge in [-0.15, -0.1) is 0 Å². The van der Waals surface area contributed by atoms with Crippen molar-refractivity contribution in [1.82, 2.24) is 0 Å². The third kappa shape index (κ3) is 1.23. The Kier molecular flexibility index (Phi) is 1.58. The molecule has 2 nitrogen and oxygen atoms in total. The van der Waals surface area contributed by atoms with Gasteiger partial charge < -0.3 is 10.8 Å². The first kappa shape index (κ1) is 8.25. The van der Waals surface area contributed by atoms with Gasteiger partial charge in [-0.05, 0) is 56.3 Å². The third-order valence-corrected chi connectivity index (χ3v) is 4.48. The normalized spacial score (nSPS) is 59.5. The molecule has 4 saturated carbocycles. The molecule has 74 valence electrons. The number of nitrogens with two attached hydrogens (primary N) is 1. The first-order valence-corrected chi connectivity index (χ1v) is 5.62. The van der Waals surface area contributed by atoms with Crippen molar-refractivity contribution >= 4 is 0 Å². The average Bonchev–Trinajstić information content (AvgIpc) is 2.12. The van der Waals surface area contributed by atoms with Gasteiger partial charge in [-0.25, -0.2) is 0 Å². The van der Waals surface area contributed by atoms with Crippen LogP contribution in [0.25, 0.3) is 0 Å². The molecule has 0 saturated heterocycles. The van der Waals surface area contributed by atoms with E-state index in [4.69, 9.17) is 5.73 Å². The first-order chi connectivity index (χ1) is 6.15. The Morgan fingerprint density at radius 3 is 2.38 bits per heavy atom. The number of fused-ring (bicyclic) bond motifs is 1. The molecule has 0 aromatic carbocycles. The predicted octanol–water partition coefficient (Wildman–Crippen LogP) is 1.27. The number of hydrogen-bond donors (Lipinski definition) is 2. The van der Waals surface area contributed by atoms with Crippen LogP contribution in [0.3, 0.4) is 0 Å². The number of rotatable bonds is 0. The Hall–Kier alpha value is -0.0800. The summed E-state index contributed by atoms with van der Waals surface area (Å²) in [6.45, 7) is 0. The summed E-state index contributed by atoms with van der Waals surface area (Å²) in [5.41, 5.74) is 6.48. The smallest absolute Gasteiger partial charge is 0.0571 e. The summed E-state index contributed by atoms with van der Waals surface area (Å²) in [7, 11) is 0. The highest BCUT2D eigenvalue weighted by Gasteiger charge is 2.49. The molecular weight excluding hydrogens is 162 g/mol. The van der Waals surface area contributed by atoms with E-state index in [1.807, 2.05) is 0 Å². The van der Waals surface area contributed by atoms with Crippen LogP contribution in [0, 0.1) is 17.8 Å². The van der Waals surface area contributed by atoms with E-state index < -0.39 is 0 Å². The molecular formula is C11H19NO. The van der Waals surface area contributed by atoms with Crippen LogP contribution in [0.2, 0.25) is 0 Å². The van der Waals surface area contributed by atoms with Gasteiger partial charge in [-0.3, -0.25) is 0 Å². The molecule has 3 N–H and O–H groups in total. The molecule has 0 aromatic heterocycles. The van der Waals surface area contributed by atoms with Crippen LogP contribution >= 0.6 is 0 Å². The van der Waals surface area contributed by atoms with Crippen molar-refractivity contribution in [3.8, 4) is 0 Å². The molecule has 0 aliphatic heterocycles. The van der Waals surface area contributed by atoms with E-state index >= 15 is 0 Å². The topological polar surface area (TPSA) is 46.2 Å². The second kappa shape index (κ2) is 2.48. The summed E-state index contributed by atoms with van der Waals surface area (Å²) >= 11 is 0. The summed E-state index contributed by atoms with van der Waals surface area (Å²) < 4.78 is 0. The zero-order valence-corrected chi connectivity index (χ0v) is 8.08. The molecule has 4 bridgehead atoms. The van der Waals surface area contributed by atoms with Gasteiger partial charge in [0.25, 0.3) is 0 Å². The van der Waals surface area contributed by atoms with Crippen molar-refractivity contribution in [3.05, 3.63) is 0 Å². The van der Waals surface area contributed by atoms with Crippen LogP contribution in [0.4, 0.5) is 0 Å². The molecule has 4 fully saturated rings. The lowest BCUT2D eigenvalue weighted by Gasteiger charge is -2.46. The van der Waals surface area contributed by atoms with Gasteiger partial charge in [0.15, 0.2) is 0 Å². The van der Waals surface area contributed by atoms with Crippen LogP contribution in [0.15, 0.2) is 0 Å². The standard InChI is InChI=1S/C11H19NO/c12-11-4-7-1-8(5-11)3-10(13)9(2-7)6-11/h7-10,13H,1-6,12H2. The second-order valence-electron chi connectivity index (χ2n) is 5.74. The van der Waals surface area contributed by atoms with E-state index in [-0.39, 0.29) is 11.6 Å². The maximum atomic E-state index is 9.96. The molecule has 4 aliphatic carbocycles.